The lowest BCUT2D eigenvalue weighted by atomic mass is 10.0. The number of benzene rings is 1. The fraction of sp³-hybridized carbons (Fsp3) is 0.333. The molecule has 2 atom stereocenters. The van der Waals surface area contributed by atoms with E-state index >= 15 is 0 Å². The normalized spacial score (nSPS) is 17.6. The van der Waals surface area contributed by atoms with Gasteiger partial charge in [-0.15, -0.1) is 0 Å². The fourth-order valence-corrected chi connectivity index (χ4v) is 3.71. The predicted molar refractivity (Wildman–Crippen MR) is 111 cm³/mol. The van der Waals surface area contributed by atoms with Crippen LogP contribution < -0.4 is 24.8 Å². The summed E-state index contributed by atoms with van der Waals surface area (Å²) in [6, 6.07) is 4.81. The van der Waals surface area contributed by atoms with Crippen LogP contribution in [-0.4, -0.2) is 43.2 Å². The minimum absolute atomic E-state index is 0.0556. The zero-order chi connectivity index (χ0) is 23.8. The summed E-state index contributed by atoms with van der Waals surface area (Å²) in [4.78, 5) is 12.8. The van der Waals surface area contributed by atoms with Gasteiger partial charge < -0.3 is 29.3 Å². The number of fused-ring (bicyclic) bond motifs is 1. The van der Waals surface area contributed by atoms with E-state index in [2.05, 4.69) is 15.7 Å². The number of ether oxygens (including phenoxy) is 3. The third-order valence-corrected chi connectivity index (χ3v) is 5.23. The van der Waals surface area contributed by atoms with Crippen molar-refractivity contribution in [1.29, 1.82) is 0 Å². The van der Waals surface area contributed by atoms with Crippen LogP contribution in [0.2, 0.25) is 0 Å². The Hall–Kier alpha value is -3.83. The van der Waals surface area contributed by atoms with Crippen molar-refractivity contribution >= 4 is 17.4 Å². The second kappa shape index (κ2) is 8.60. The Morgan fingerprint density at radius 2 is 1.88 bits per heavy atom. The topological polar surface area (TPSA) is 99.8 Å². The largest absolute Gasteiger partial charge is 0.493 e. The van der Waals surface area contributed by atoms with Crippen molar-refractivity contribution in [2.75, 3.05) is 32.0 Å². The van der Waals surface area contributed by atoms with E-state index in [1.165, 1.54) is 45.8 Å². The Labute approximate surface area is 186 Å². The Morgan fingerprint density at radius 1 is 1.18 bits per heavy atom. The van der Waals surface area contributed by atoms with Crippen LogP contribution in [0.3, 0.4) is 0 Å². The number of nitrogens with one attached hydrogen (secondary N) is 2. The minimum atomic E-state index is -4.57. The summed E-state index contributed by atoms with van der Waals surface area (Å²) in [5.74, 6) is 0.646. The molecule has 2 aromatic heterocycles. The van der Waals surface area contributed by atoms with E-state index in [0.29, 0.717) is 23.0 Å². The fourth-order valence-electron chi connectivity index (χ4n) is 3.71. The molecule has 0 saturated heterocycles. The number of rotatable bonds is 6. The van der Waals surface area contributed by atoms with E-state index in [4.69, 9.17) is 18.6 Å². The van der Waals surface area contributed by atoms with Crippen LogP contribution in [0.1, 0.15) is 34.8 Å². The number of nitrogens with zero attached hydrogens (tertiary/aromatic N) is 2. The molecule has 0 spiro atoms. The second-order valence-corrected chi connectivity index (χ2v) is 7.23. The van der Waals surface area contributed by atoms with E-state index < -0.39 is 24.2 Å². The van der Waals surface area contributed by atoms with Crippen LogP contribution in [0, 0.1) is 0 Å². The number of alkyl halides is 3. The van der Waals surface area contributed by atoms with E-state index in [1.807, 2.05) is 0 Å². The van der Waals surface area contributed by atoms with Crippen LogP contribution >= 0.6 is 0 Å². The van der Waals surface area contributed by atoms with Crippen molar-refractivity contribution in [2.45, 2.75) is 24.7 Å². The molecule has 0 saturated carbocycles. The highest BCUT2D eigenvalue weighted by molar-refractivity contribution is 6.03. The molecule has 33 heavy (non-hydrogen) atoms. The number of anilines is 2. The maximum Gasteiger partial charge on any atom is 0.410 e. The van der Waals surface area contributed by atoms with E-state index in [0.717, 1.165) is 4.68 Å². The zero-order valence-corrected chi connectivity index (χ0v) is 17.9. The van der Waals surface area contributed by atoms with E-state index in [1.54, 1.807) is 12.1 Å². The highest BCUT2D eigenvalue weighted by Gasteiger charge is 2.47. The van der Waals surface area contributed by atoms with Crippen LogP contribution in [-0.2, 0) is 0 Å². The Kier molecular flexibility index (Phi) is 5.83. The molecule has 3 heterocycles. The summed E-state index contributed by atoms with van der Waals surface area (Å²) >= 11 is 0. The number of carbonyl (C=O) groups excluding carboxylic acids is 1. The van der Waals surface area contributed by atoms with Gasteiger partial charge in [-0.1, -0.05) is 0 Å². The second-order valence-electron chi connectivity index (χ2n) is 7.23. The third-order valence-electron chi connectivity index (χ3n) is 5.23. The molecule has 12 heteroatoms. The first-order chi connectivity index (χ1) is 15.7. The molecular formula is C21H21F3N4O5. The standard InChI is InChI=1S/C21H21F3N4O5/c1-30-15-7-11(8-16(31-2)19(15)32-3)25-20(29)13-10-18-26-12(14-5-4-6-33-14)9-17(21(22,23)24)28(18)27-13/h4-8,10,12,17,26H,9H2,1-3H3,(H,25,29). The van der Waals surface area contributed by atoms with Gasteiger partial charge in [0.25, 0.3) is 5.91 Å². The smallest absolute Gasteiger partial charge is 0.410 e. The first-order valence-electron chi connectivity index (χ1n) is 9.82. The van der Waals surface area contributed by atoms with Crippen LogP contribution in [0.25, 0.3) is 0 Å². The van der Waals surface area contributed by atoms with Crippen molar-refractivity contribution in [3.05, 3.63) is 48.0 Å². The van der Waals surface area contributed by atoms with E-state index in [9.17, 15) is 18.0 Å². The molecule has 1 aliphatic heterocycles. The molecule has 1 aliphatic rings. The number of aromatic nitrogens is 2. The van der Waals surface area contributed by atoms with Crippen molar-refractivity contribution in [3.8, 4) is 17.2 Å². The van der Waals surface area contributed by atoms with Crippen LogP contribution in [0.5, 0.6) is 17.2 Å². The molecular weight excluding hydrogens is 445 g/mol. The van der Waals surface area contributed by atoms with Crippen molar-refractivity contribution < 1.29 is 36.6 Å². The third kappa shape index (κ3) is 4.28. The molecule has 1 aromatic carbocycles. The molecule has 176 valence electrons. The van der Waals surface area contributed by atoms with Crippen molar-refractivity contribution in [3.63, 3.8) is 0 Å². The van der Waals surface area contributed by atoms with Gasteiger partial charge in [0.2, 0.25) is 5.75 Å². The Bertz CT molecular complexity index is 1120. The molecule has 2 unspecified atom stereocenters. The summed E-state index contributed by atoms with van der Waals surface area (Å²) in [6.07, 6.45) is -3.51. The van der Waals surface area contributed by atoms with Gasteiger partial charge >= 0.3 is 6.18 Å². The summed E-state index contributed by atoms with van der Waals surface area (Å²) in [5.41, 5.74) is 0.0925. The molecule has 0 aliphatic carbocycles. The molecule has 4 rings (SSSR count). The number of halogens is 3. The number of hydrogen-bond donors (Lipinski definition) is 2. The first kappa shape index (κ1) is 22.4. The molecule has 0 fully saturated rings. The Morgan fingerprint density at radius 3 is 2.42 bits per heavy atom. The van der Waals surface area contributed by atoms with E-state index in [-0.39, 0.29) is 23.6 Å². The monoisotopic (exact) mass is 466 g/mol. The molecule has 1 amide bonds. The highest BCUT2D eigenvalue weighted by Crippen LogP contribution is 2.44. The van der Waals surface area contributed by atoms with Crippen LogP contribution in [0.15, 0.2) is 41.0 Å². The van der Waals surface area contributed by atoms with Crippen molar-refractivity contribution in [2.24, 2.45) is 0 Å². The number of methoxy groups -OCH3 is 3. The SMILES string of the molecule is COc1cc(NC(=O)c2cc3n(n2)C(C(F)(F)F)CC(c2ccco2)N3)cc(OC)c1OC. The average Bonchev–Trinajstić information content (AvgIpc) is 3.46. The van der Waals surface area contributed by atoms with Gasteiger partial charge in [0, 0.05) is 30.3 Å². The number of amides is 1. The molecule has 2 N–H and O–H groups in total. The van der Waals surface area contributed by atoms with Crippen molar-refractivity contribution in [1.82, 2.24) is 9.78 Å². The minimum Gasteiger partial charge on any atom is -0.493 e. The van der Waals surface area contributed by atoms with Crippen LogP contribution in [0.4, 0.5) is 24.7 Å². The van der Waals surface area contributed by atoms with Gasteiger partial charge in [-0.3, -0.25) is 4.79 Å². The number of carbonyl (C=O) groups is 1. The Balaban J connectivity index is 1.63. The van der Waals surface area contributed by atoms with Gasteiger partial charge in [0.05, 0.1) is 33.6 Å². The van der Waals surface area contributed by atoms with Gasteiger partial charge in [0.1, 0.15) is 11.6 Å². The summed E-state index contributed by atoms with van der Waals surface area (Å²) in [6.45, 7) is 0. The quantitative estimate of drug-likeness (QED) is 0.555. The zero-order valence-electron chi connectivity index (χ0n) is 17.9. The molecule has 0 radical (unpaired) electrons. The summed E-state index contributed by atoms with van der Waals surface area (Å²) in [5, 5.41) is 9.50. The first-order valence-corrected chi connectivity index (χ1v) is 9.82. The lowest BCUT2D eigenvalue weighted by molar-refractivity contribution is -0.174. The molecule has 0 bridgehead atoms. The predicted octanol–water partition coefficient (Wildman–Crippen LogP) is 4.41. The molecule has 3 aromatic rings. The average molecular weight is 466 g/mol. The van der Waals surface area contributed by atoms with Gasteiger partial charge in [-0.05, 0) is 12.1 Å². The van der Waals surface area contributed by atoms with Gasteiger partial charge in [-0.2, -0.15) is 18.3 Å². The lowest BCUT2D eigenvalue weighted by Crippen LogP contribution is -2.35. The lowest BCUT2D eigenvalue weighted by Gasteiger charge is -2.32. The van der Waals surface area contributed by atoms with Gasteiger partial charge in [-0.25, -0.2) is 4.68 Å². The molecule has 9 nitrogen and oxygen atoms in total. The summed E-state index contributed by atoms with van der Waals surface area (Å²) < 4.78 is 63.1. The number of furan rings is 1. The maximum absolute atomic E-state index is 13.8. The summed E-state index contributed by atoms with van der Waals surface area (Å²) in [7, 11) is 4.28. The maximum atomic E-state index is 13.8. The highest BCUT2D eigenvalue weighted by atomic mass is 19.4. The van der Waals surface area contributed by atoms with Gasteiger partial charge in [0.15, 0.2) is 23.2 Å². The number of hydrogen-bond acceptors (Lipinski definition) is 7.